The number of nitrogens with zero attached hydrogens (tertiary/aromatic N) is 2. The second kappa shape index (κ2) is 5.59. The van der Waals surface area contributed by atoms with E-state index in [-0.39, 0.29) is 11.2 Å². The summed E-state index contributed by atoms with van der Waals surface area (Å²) in [5.74, 6) is 0. The SMILES string of the molecule is CC1OC(C2c3cn[nH]c3C=CN2S(=O)(=O)c2ccc(Cl)cc2)O1. The van der Waals surface area contributed by atoms with E-state index in [1.165, 1.54) is 22.6 Å². The van der Waals surface area contributed by atoms with Crippen molar-refractivity contribution in [3.8, 4) is 0 Å². The summed E-state index contributed by atoms with van der Waals surface area (Å²) in [6.45, 7) is 1.75. The number of hydrogen-bond donors (Lipinski definition) is 1. The van der Waals surface area contributed by atoms with E-state index in [9.17, 15) is 8.42 Å². The van der Waals surface area contributed by atoms with Gasteiger partial charge in [-0.05, 0) is 37.3 Å². The van der Waals surface area contributed by atoms with Gasteiger partial charge in [-0.3, -0.25) is 9.40 Å². The fourth-order valence-corrected chi connectivity index (χ4v) is 4.40. The molecular formula is C15H14ClN3O4S. The van der Waals surface area contributed by atoms with E-state index in [0.29, 0.717) is 10.6 Å². The van der Waals surface area contributed by atoms with Crippen LogP contribution in [0, 0.1) is 0 Å². The van der Waals surface area contributed by atoms with Crippen molar-refractivity contribution in [2.24, 2.45) is 0 Å². The standard InChI is InChI=1S/C15H14ClN3O4S/c1-9-22-15(23-9)14-12-8-17-18-13(12)6-7-19(14)24(20,21)11-4-2-10(16)3-5-11/h2-9,14-15H,1H3,(H,17,18). The number of fused-ring (bicyclic) bond motifs is 1. The van der Waals surface area contributed by atoms with Crippen molar-refractivity contribution >= 4 is 27.7 Å². The Bertz CT molecular complexity index is 888. The highest BCUT2D eigenvalue weighted by Gasteiger charge is 2.45. The molecule has 0 bridgehead atoms. The molecule has 3 heterocycles. The van der Waals surface area contributed by atoms with Gasteiger partial charge in [0.2, 0.25) is 0 Å². The van der Waals surface area contributed by atoms with Gasteiger partial charge in [0.15, 0.2) is 12.6 Å². The van der Waals surface area contributed by atoms with Crippen molar-refractivity contribution < 1.29 is 17.9 Å². The van der Waals surface area contributed by atoms with Gasteiger partial charge in [0.1, 0.15) is 6.04 Å². The van der Waals surface area contributed by atoms with Crippen LogP contribution in [0.25, 0.3) is 6.08 Å². The van der Waals surface area contributed by atoms with Crippen LogP contribution in [0.15, 0.2) is 41.6 Å². The summed E-state index contributed by atoms with van der Waals surface area (Å²) in [5.41, 5.74) is 1.43. The normalized spacial score (nSPS) is 26.1. The predicted molar refractivity (Wildman–Crippen MR) is 86.3 cm³/mol. The summed E-state index contributed by atoms with van der Waals surface area (Å²) >= 11 is 5.85. The van der Waals surface area contributed by atoms with Crippen molar-refractivity contribution in [1.82, 2.24) is 14.5 Å². The maximum atomic E-state index is 13.1. The minimum absolute atomic E-state index is 0.140. The molecule has 0 saturated carbocycles. The van der Waals surface area contributed by atoms with Crippen LogP contribution in [0.5, 0.6) is 0 Å². The summed E-state index contributed by atoms with van der Waals surface area (Å²) in [5, 5.41) is 7.29. The number of ether oxygens (including phenoxy) is 2. The molecule has 9 heteroatoms. The van der Waals surface area contributed by atoms with E-state index in [0.717, 1.165) is 5.69 Å². The number of aromatic amines is 1. The molecule has 1 unspecified atom stereocenters. The first-order valence-corrected chi connectivity index (χ1v) is 9.10. The Balaban J connectivity index is 1.76. The summed E-state index contributed by atoms with van der Waals surface area (Å²) < 4.78 is 38.5. The van der Waals surface area contributed by atoms with Gasteiger partial charge >= 0.3 is 0 Å². The Kier molecular flexibility index (Phi) is 3.65. The summed E-state index contributed by atoms with van der Waals surface area (Å²) in [6.07, 6.45) is 3.68. The quantitative estimate of drug-likeness (QED) is 0.901. The van der Waals surface area contributed by atoms with E-state index in [4.69, 9.17) is 21.1 Å². The maximum absolute atomic E-state index is 13.1. The number of nitrogens with one attached hydrogen (secondary N) is 1. The Morgan fingerprint density at radius 1 is 1.25 bits per heavy atom. The van der Waals surface area contributed by atoms with Gasteiger partial charge in [0.05, 0.1) is 16.8 Å². The largest absolute Gasteiger partial charge is 0.321 e. The maximum Gasteiger partial charge on any atom is 0.264 e. The van der Waals surface area contributed by atoms with E-state index in [1.54, 1.807) is 31.3 Å². The number of benzene rings is 1. The lowest BCUT2D eigenvalue weighted by atomic mass is 10.0. The number of aromatic nitrogens is 2. The third-order valence-corrected chi connectivity index (χ3v) is 6.00. The monoisotopic (exact) mass is 367 g/mol. The van der Waals surface area contributed by atoms with Gasteiger partial charge in [0.25, 0.3) is 10.0 Å². The number of halogens is 1. The highest BCUT2D eigenvalue weighted by Crippen LogP contribution is 2.41. The molecule has 4 rings (SSSR count). The number of sulfonamides is 1. The van der Waals surface area contributed by atoms with E-state index < -0.39 is 22.4 Å². The molecule has 7 nitrogen and oxygen atoms in total. The highest BCUT2D eigenvalue weighted by molar-refractivity contribution is 7.89. The van der Waals surface area contributed by atoms with Crippen molar-refractivity contribution in [1.29, 1.82) is 0 Å². The molecule has 126 valence electrons. The highest BCUT2D eigenvalue weighted by atomic mass is 35.5. The first kappa shape index (κ1) is 15.6. The van der Waals surface area contributed by atoms with E-state index in [2.05, 4.69) is 10.2 Å². The van der Waals surface area contributed by atoms with Crippen molar-refractivity contribution in [3.63, 3.8) is 0 Å². The van der Waals surface area contributed by atoms with Gasteiger partial charge < -0.3 is 9.47 Å². The van der Waals surface area contributed by atoms with Gasteiger partial charge in [-0.25, -0.2) is 8.42 Å². The lowest BCUT2D eigenvalue weighted by Gasteiger charge is -2.43. The Labute approximate surface area is 143 Å². The molecule has 1 aromatic carbocycles. The zero-order valence-electron chi connectivity index (χ0n) is 12.6. The average Bonchev–Trinajstić information content (AvgIpc) is 3.00. The van der Waals surface area contributed by atoms with Crippen molar-refractivity contribution in [3.05, 3.63) is 52.9 Å². The average molecular weight is 368 g/mol. The van der Waals surface area contributed by atoms with E-state index in [1.807, 2.05) is 0 Å². The summed E-state index contributed by atoms with van der Waals surface area (Å²) in [6, 6.07) is 5.37. The van der Waals surface area contributed by atoms with Crippen LogP contribution in [0.3, 0.4) is 0 Å². The molecule has 0 amide bonds. The molecule has 24 heavy (non-hydrogen) atoms. The molecule has 1 saturated heterocycles. The first-order chi connectivity index (χ1) is 11.5. The van der Waals surface area contributed by atoms with Crippen LogP contribution in [-0.2, 0) is 19.5 Å². The van der Waals surface area contributed by atoms with Crippen LogP contribution in [0.4, 0.5) is 0 Å². The molecule has 0 spiro atoms. The topological polar surface area (TPSA) is 84.5 Å². The molecule has 0 radical (unpaired) electrons. The molecule has 2 aliphatic rings. The third kappa shape index (κ3) is 2.42. The van der Waals surface area contributed by atoms with Gasteiger partial charge in [-0.2, -0.15) is 5.10 Å². The minimum atomic E-state index is -3.80. The summed E-state index contributed by atoms with van der Waals surface area (Å²) in [4.78, 5) is 0.140. The Hall–Kier alpha value is -1.87. The van der Waals surface area contributed by atoms with Crippen LogP contribution >= 0.6 is 11.6 Å². The Morgan fingerprint density at radius 3 is 2.62 bits per heavy atom. The number of H-pyrrole nitrogens is 1. The predicted octanol–water partition coefficient (Wildman–Crippen LogP) is 2.50. The van der Waals surface area contributed by atoms with Gasteiger partial charge in [-0.15, -0.1) is 0 Å². The zero-order valence-corrected chi connectivity index (χ0v) is 14.2. The van der Waals surface area contributed by atoms with Gasteiger partial charge in [0, 0.05) is 16.8 Å². The van der Waals surface area contributed by atoms with Crippen LogP contribution in [0.1, 0.15) is 24.2 Å². The Morgan fingerprint density at radius 2 is 1.96 bits per heavy atom. The fourth-order valence-electron chi connectivity index (χ4n) is 2.81. The van der Waals surface area contributed by atoms with Crippen molar-refractivity contribution in [2.75, 3.05) is 0 Å². The molecule has 1 fully saturated rings. The van der Waals surface area contributed by atoms with E-state index >= 15 is 0 Å². The number of hydrogen-bond acceptors (Lipinski definition) is 5. The molecule has 2 aliphatic heterocycles. The van der Waals surface area contributed by atoms with Gasteiger partial charge in [-0.1, -0.05) is 11.6 Å². The minimum Gasteiger partial charge on any atom is -0.321 e. The lowest BCUT2D eigenvalue weighted by molar-refractivity contribution is -0.388. The zero-order chi connectivity index (χ0) is 16.9. The third-order valence-electron chi connectivity index (χ3n) is 3.98. The molecule has 1 N–H and O–H groups in total. The molecule has 0 aliphatic carbocycles. The second-order valence-electron chi connectivity index (χ2n) is 5.50. The molecule has 1 atom stereocenters. The first-order valence-electron chi connectivity index (χ1n) is 7.28. The van der Waals surface area contributed by atoms with Crippen LogP contribution in [-0.4, -0.2) is 35.5 Å². The lowest BCUT2D eigenvalue weighted by Crippen LogP contribution is -2.49. The van der Waals surface area contributed by atoms with Crippen molar-refractivity contribution in [2.45, 2.75) is 30.4 Å². The molecule has 2 aromatic rings. The van der Waals surface area contributed by atoms with Crippen LogP contribution in [0.2, 0.25) is 5.02 Å². The fraction of sp³-hybridized carbons (Fsp3) is 0.267. The second-order valence-corrected chi connectivity index (χ2v) is 7.78. The molecular weight excluding hydrogens is 354 g/mol. The number of rotatable bonds is 3. The molecule has 1 aromatic heterocycles. The summed E-state index contributed by atoms with van der Waals surface area (Å²) in [7, 11) is -3.80. The van der Waals surface area contributed by atoms with Crippen LogP contribution < -0.4 is 0 Å². The smallest absolute Gasteiger partial charge is 0.264 e.